The fourth-order valence-electron chi connectivity index (χ4n) is 1.38. The smallest absolute Gasteiger partial charge is 0.123 e. The minimum atomic E-state index is -0.198. The standard InChI is InChI=1S/C14H12F2S4/c15-13-5-1-11(2-6-13)9-17-19-20-18-10-12-3-7-14(16)8-4-12/h1-8H,9-10H2. The van der Waals surface area contributed by atoms with Gasteiger partial charge in [-0.05, 0) is 55.0 Å². The lowest BCUT2D eigenvalue weighted by molar-refractivity contribution is 0.627. The van der Waals surface area contributed by atoms with E-state index in [1.54, 1.807) is 65.5 Å². The zero-order chi connectivity index (χ0) is 14.2. The van der Waals surface area contributed by atoms with Crippen molar-refractivity contribution in [2.75, 3.05) is 0 Å². The maximum atomic E-state index is 12.7. The van der Waals surface area contributed by atoms with Gasteiger partial charge < -0.3 is 0 Å². The molecular formula is C14H12F2S4. The van der Waals surface area contributed by atoms with Crippen molar-refractivity contribution in [3.8, 4) is 0 Å². The first-order chi connectivity index (χ1) is 9.74. The van der Waals surface area contributed by atoms with Crippen LogP contribution >= 0.6 is 41.2 Å². The van der Waals surface area contributed by atoms with E-state index in [1.807, 2.05) is 0 Å². The Hall–Kier alpha value is -0.300. The molecule has 0 aliphatic heterocycles. The molecule has 0 saturated carbocycles. The Labute approximate surface area is 132 Å². The van der Waals surface area contributed by atoms with E-state index in [2.05, 4.69) is 0 Å². The summed E-state index contributed by atoms with van der Waals surface area (Å²) in [4.78, 5) is 0. The summed E-state index contributed by atoms with van der Waals surface area (Å²) < 4.78 is 25.4. The molecule has 0 fully saturated rings. The number of rotatable bonds is 7. The van der Waals surface area contributed by atoms with Gasteiger partial charge >= 0.3 is 0 Å². The first kappa shape index (κ1) is 16.1. The lowest BCUT2D eigenvalue weighted by Crippen LogP contribution is -1.79. The van der Waals surface area contributed by atoms with E-state index < -0.39 is 0 Å². The van der Waals surface area contributed by atoms with Crippen molar-refractivity contribution in [1.29, 1.82) is 0 Å². The van der Waals surface area contributed by atoms with Gasteiger partial charge in [-0.1, -0.05) is 45.9 Å². The molecule has 6 heteroatoms. The molecule has 0 radical (unpaired) electrons. The van der Waals surface area contributed by atoms with Gasteiger partial charge in [-0.15, -0.1) is 0 Å². The predicted molar refractivity (Wildman–Crippen MR) is 90.6 cm³/mol. The van der Waals surface area contributed by atoms with Gasteiger partial charge in [0.05, 0.1) is 0 Å². The van der Waals surface area contributed by atoms with Crippen molar-refractivity contribution < 1.29 is 8.78 Å². The summed E-state index contributed by atoms with van der Waals surface area (Å²) in [6.07, 6.45) is 0. The molecule has 0 heterocycles. The summed E-state index contributed by atoms with van der Waals surface area (Å²) in [5.41, 5.74) is 2.24. The first-order valence-corrected chi connectivity index (χ1v) is 11.0. The number of halogens is 2. The second-order valence-corrected chi connectivity index (χ2v) is 9.91. The highest BCUT2D eigenvalue weighted by Crippen LogP contribution is 2.45. The normalized spacial score (nSPS) is 10.7. The van der Waals surface area contributed by atoms with Crippen LogP contribution in [0, 0.1) is 11.6 Å². The highest BCUT2D eigenvalue weighted by atomic mass is 33.7. The molecule has 0 unspecified atom stereocenters. The Morgan fingerprint density at radius 1 is 0.600 bits per heavy atom. The highest BCUT2D eigenvalue weighted by molar-refractivity contribution is 9.25. The van der Waals surface area contributed by atoms with Crippen LogP contribution in [0.15, 0.2) is 48.5 Å². The average Bonchev–Trinajstić information content (AvgIpc) is 2.46. The number of hydrogen-bond acceptors (Lipinski definition) is 4. The molecule has 0 aromatic heterocycles. The molecule has 106 valence electrons. The van der Waals surface area contributed by atoms with E-state index in [0.717, 1.165) is 22.6 Å². The van der Waals surface area contributed by atoms with Gasteiger partial charge in [0.2, 0.25) is 0 Å². The molecule has 2 rings (SSSR count). The Morgan fingerprint density at radius 2 is 0.950 bits per heavy atom. The molecule has 20 heavy (non-hydrogen) atoms. The Bertz CT molecular complexity index is 464. The summed E-state index contributed by atoms with van der Waals surface area (Å²) in [5, 5.41) is 0. The lowest BCUT2D eigenvalue weighted by Gasteiger charge is -2.02. The van der Waals surface area contributed by atoms with Crippen LogP contribution in [0.5, 0.6) is 0 Å². The topological polar surface area (TPSA) is 0 Å². The maximum Gasteiger partial charge on any atom is 0.123 e. The fraction of sp³-hybridized carbons (Fsp3) is 0.143. The molecule has 0 nitrogen and oxygen atoms in total. The van der Waals surface area contributed by atoms with Crippen LogP contribution in [0.1, 0.15) is 11.1 Å². The minimum absolute atomic E-state index is 0.198. The summed E-state index contributed by atoms with van der Waals surface area (Å²) >= 11 is 0. The molecule has 0 aliphatic rings. The van der Waals surface area contributed by atoms with Crippen LogP contribution in [-0.2, 0) is 11.5 Å². The third-order valence-electron chi connectivity index (χ3n) is 2.40. The Kier molecular flexibility index (Phi) is 7.13. The quantitative estimate of drug-likeness (QED) is 0.423. The molecule has 0 saturated heterocycles. The van der Waals surface area contributed by atoms with Crippen LogP contribution in [0.2, 0.25) is 0 Å². The van der Waals surface area contributed by atoms with Crippen LogP contribution in [0.25, 0.3) is 0 Å². The molecule has 0 N–H and O–H groups in total. The van der Waals surface area contributed by atoms with Crippen LogP contribution < -0.4 is 0 Å². The first-order valence-electron chi connectivity index (χ1n) is 5.81. The van der Waals surface area contributed by atoms with E-state index in [1.165, 1.54) is 24.3 Å². The van der Waals surface area contributed by atoms with E-state index in [-0.39, 0.29) is 11.6 Å². The third kappa shape index (κ3) is 5.99. The van der Waals surface area contributed by atoms with Gasteiger partial charge in [-0.2, -0.15) is 0 Å². The van der Waals surface area contributed by atoms with Crippen molar-refractivity contribution in [3.05, 3.63) is 71.3 Å². The van der Waals surface area contributed by atoms with Crippen LogP contribution in [0.4, 0.5) is 8.78 Å². The van der Waals surface area contributed by atoms with E-state index in [4.69, 9.17) is 0 Å². The number of benzene rings is 2. The SMILES string of the molecule is Fc1ccc(CSSSSCc2ccc(F)cc2)cc1. The monoisotopic (exact) mass is 346 g/mol. The van der Waals surface area contributed by atoms with Gasteiger partial charge in [0.1, 0.15) is 11.6 Å². The highest BCUT2D eigenvalue weighted by Gasteiger charge is 1.98. The van der Waals surface area contributed by atoms with E-state index in [9.17, 15) is 8.78 Å². The Morgan fingerprint density at radius 3 is 1.30 bits per heavy atom. The van der Waals surface area contributed by atoms with Crippen molar-refractivity contribution in [2.45, 2.75) is 11.5 Å². The largest absolute Gasteiger partial charge is 0.207 e. The predicted octanol–water partition coefficient (Wildman–Crippen LogP) is 6.34. The molecular weight excluding hydrogens is 334 g/mol. The van der Waals surface area contributed by atoms with Crippen molar-refractivity contribution in [2.24, 2.45) is 0 Å². The minimum Gasteiger partial charge on any atom is -0.207 e. The van der Waals surface area contributed by atoms with E-state index >= 15 is 0 Å². The van der Waals surface area contributed by atoms with Gasteiger partial charge in [-0.3, -0.25) is 0 Å². The number of hydrogen-bond donors (Lipinski definition) is 0. The van der Waals surface area contributed by atoms with Crippen LogP contribution in [-0.4, -0.2) is 0 Å². The average molecular weight is 347 g/mol. The summed E-state index contributed by atoms with van der Waals surface area (Å²) in [7, 11) is 6.86. The molecule has 0 atom stereocenters. The molecule has 2 aromatic carbocycles. The van der Waals surface area contributed by atoms with Crippen molar-refractivity contribution >= 4 is 41.2 Å². The summed E-state index contributed by atoms with van der Waals surface area (Å²) in [5.74, 6) is 1.32. The van der Waals surface area contributed by atoms with E-state index in [0.29, 0.717) is 0 Å². The van der Waals surface area contributed by atoms with Crippen molar-refractivity contribution in [1.82, 2.24) is 0 Å². The second-order valence-electron chi connectivity index (χ2n) is 3.91. The van der Waals surface area contributed by atoms with Gasteiger partial charge in [0.15, 0.2) is 0 Å². The fourth-order valence-corrected chi connectivity index (χ4v) is 7.25. The lowest BCUT2D eigenvalue weighted by atomic mass is 10.2. The maximum absolute atomic E-state index is 12.7. The molecule has 0 bridgehead atoms. The molecule has 0 spiro atoms. The molecule has 0 amide bonds. The summed E-state index contributed by atoms with van der Waals surface area (Å²) in [6, 6.07) is 13.2. The van der Waals surface area contributed by atoms with Crippen molar-refractivity contribution in [3.63, 3.8) is 0 Å². The summed E-state index contributed by atoms with van der Waals surface area (Å²) in [6.45, 7) is 0. The Balaban J connectivity index is 1.57. The van der Waals surface area contributed by atoms with Gasteiger partial charge in [0, 0.05) is 11.5 Å². The third-order valence-corrected chi connectivity index (χ3v) is 8.74. The molecule has 0 aliphatic carbocycles. The molecule has 2 aromatic rings. The van der Waals surface area contributed by atoms with Gasteiger partial charge in [0.25, 0.3) is 0 Å². The zero-order valence-corrected chi connectivity index (χ0v) is 13.7. The zero-order valence-electron chi connectivity index (χ0n) is 10.4. The second kappa shape index (κ2) is 8.87. The van der Waals surface area contributed by atoms with Gasteiger partial charge in [-0.25, -0.2) is 8.78 Å². The van der Waals surface area contributed by atoms with Crippen LogP contribution in [0.3, 0.4) is 0 Å².